The highest BCUT2D eigenvalue weighted by Gasteiger charge is 2.13. The van der Waals surface area contributed by atoms with Crippen molar-refractivity contribution in [3.05, 3.63) is 71.5 Å². The van der Waals surface area contributed by atoms with Crippen molar-refractivity contribution in [3.8, 4) is 17.3 Å². The maximum atomic E-state index is 13.1. The van der Waals surface area contributed by atoms with Crippen LogP contribution in [-0.2, 0) is 4.74 Å². The van der Waals surface area contributed by atoms with Gasteiger partial charge in [0.05, 0.1) is 23.9 Å². The topological polar surface area (TPSA) is 115 Å². The first kappa shape index (κ1) is 21.7. The Kier molecular flexibility index (Phi) is 7.09. The van der Waals surface area contributed by atoms with E-state index in [-0.39, 0.29) is 23.4 Å². The first-order valence-corrected chi connectivity index (χ1v) is 9.45. The number of H-pyrrole nitrogens is 1. The number of halogens is 1. The lowest BCUT2D eigenvalue weighted by Crippen LogP contribution is -2.40. The Balaban J connectivity index is 1.83. The number of ether oxygens (including phenoxy) is 1. The highest BCUT2D eigenvalue weighted by Crippen LogP contribution is 2.20. The van der Waals surface area contributed by atoms with Crippen LogP contribution in [0.4, 0.5) is 10.2 Å². The van der Waals surface area contributed by atoms with Crippen molar-refractivity contribution in [3.63, 3.8) is 0 Å². The van der Waals surface area contributed by atoms with E-state index in [9.17, 15) is 9.18 Å². The molecule has 0 fully saturated rings. The van der Waals surface area contributed by atoms with Crippen molar-refractivity contribution in [2.45, 2.75) is 13.0 Å². The standard InChI is InChI=1S/C22H21FN6O2/c1-14(13-31-2)25-22(27-21(30)17-5-3-4-15(10-17)12-24)26-20-11-19(28-29-20)16-6-8-18(23)9-7-16/h3-11,14H,13H2,1-2H3,(H3,25,26,27,28,29,30)/t14-/m0/s1. The molecule has 0 bridgehead atoms. The third kappa shape index (κ3) is 5.98. The van der Waals surface area contributed by atoms with Crippen LogP contribution in [0.3, 0.4) is 0 Å². The van der Waals surface area contributed by atoms with Crippen molar-refractivity contribution in [1.82, 2.24) is 15.5 Å². The maximum Gasteiger partial charge on any atom is 0.280 e. The number of aromatic nitrogens is 2. The highest BCUT2D eigenvalue weighted by molar-refractivity contribution is 6.06. The van der Waals surface area contributed by atoms with Gasteiger partial charge >= 0.3 is 0 Å². The van der Waals surface area contributed by atoms with Crippen LogP contribution in [0, 0.1) is 17.1 Å². The van der Waals surface area contributed by atoms with Gasteiger partial charge in [-0.15, -0.1) is 0 Å². The Morgan fingerprint density at radius 3 is 2.77 bits per heavy atom. The van der Waals surface area contributed by atoms with E-state index in [1.165, 1.54) is 18.2 Å². The Hall–Kier alpha value is -4.03. The van der Waals surface area contributed by atoms with Crippen LogP contribution in [0.15, 0.2) is 59.6 Å². The number of nitrogens with one attached hydrogen (secondary N) is 3. The van der Waals surface area contributed by atoms with Gasteiger partial charge in [0, 0.05) is 30.3 Å². The number of guanidine groups is 1. The highest BCUT2D eigenvalue weighted by atomic mass is 19.1. The average molecular weight is 420 g/mol. The molecule has 0 spiro atoms. The van der Waals surface area contributed by atoms with Crippen LogP contribution in [0.2, 0.25) is 0 Å². The van der Waals surface area contributed by atoms with Crippen LogP contribution < -0.4 is 10.6 Å². The molecule has 1 aromatic heterocycles. The number of hydrogen-bond acceptors (Lipinski definition) is 4. The van der Waals surface area contributed by atoms with Gasteiger partial charge in [-0.3, -0.25) is 9.89 Å². The van der Waals surface area contributed by atoms with Crippen molar-refractivity contribution >= 4 is 17.7 Å². The quantitative estimate of drug-likeness (QED) is 0.416. The molecule has 31 heavy (non-hydrogen) atoms. The summed E-state index contributed by atoms with van der Waals surface area (Å²) in [4.78, 5) is 16.8. The number of methoxy groups -OCH3 is 1. The van der Waals surface area contributed by atoms with Crippen LogP contribution in [0.25, 0.3) is 11.3 Å². The molecule has 0 aliphatic carbocycles. The van der Waals surface area contributed by atoms with E-state index >= 15 is 0 Å². The number of aliphatic imine (C=N–C) groups is 1. The van der Waals surface area contributed by atoms with Crippen molar-refractivity contribution < 1.29 is 13.9 Å². The number of hydrogen-bond donors (Lipinski definition) is 3. The van der Waals surface area contributed by atoms with Gasteiger partial charge in [-0.25, -0.2) is 4.39 Å². The van der Waals surface area contributed by atoms with E-state index in [1.807, 2.05) is 13.0 Å². The molecule has 1 heterocycles. The van der Waals surface area contributed by atoms with Crippen LogP contribution in [-0.4, -0.2) is 41.8 Å². The number of nitrogens with zero attached hydrogens (tertiary/aromatic N) is 3. The maximum absolute atomic E-state index is 13.1. The lowest BCUT2D eigenvalue weighted by molar-refractivity contribution is 0.100. The molecule has 2 aromatic carbocycles. The zero-order valence-electron chi connectivity index (χ0n) is 17.0. The molecule has 0 unspecified atom stereocenters. The van der Waals surface area contributed by atoms with E-state index in [0.717, 1.165) is 5.56 Å². The summed E-state index contributed by atoms with van der Waals surface area (Å²) in [5, 5.41) is 22.2. The van der Waals surface area contributed by atoms with Gasteiger partial charge in [0.2, 0.25) is 5.96 Å². The summed E-state index contributed by atoms with van der Waals surface area (Å²) >= 11 is 0. The Morgan fingerprint density at radius 2 is 2.06 bits per heavy atom. The molecule has 0 aliphatic rings. The lowest BCUT2D eigenvalue weighted by atomic mass is 10.1. The molecule has 9 heteroatoms. The molecule has 8 nitrogen and oxygen atoms in total. The predicted molar refractivity (Wildman–Crippen MR) is 115 cm³/mol. The summed E-state index contributed by atoms with van der Waals surface area (Å²) in [5.41, 5.74) is 1.99. The SMILES string of the molecule is COC[C@H](C)N/C(=N/C(=O)c1cccc(C#N)c1)Nc1cc(-c2ccc(F)cc2)n[nH]1. The average Bonchev–Trinajstić information content (AvgIpc) is 3.22. The molecule has 0 saturated heterocycles. The van der Waals surface area contributed by atoms with Gasteiger partial charge in [-0.05, 0) is 49.4 Å². The fraction of sp³-hybridized carbons (Fsp3) is 0.182. The number of carbonyl (C=O) groups is 1. The van der Waals surface area contributed by atoms with Crippen molar-refractivity contribution in [1.29, 1.82) is 5.26 Å². The van der Waals surface area contributed by atoms with Gasteiger partial charge < -0.3 is 15.4 Å². The summed E-state index contributed by atoms with van der Waals surface area (Å²) in [5.74, 6) is -0.183. The number of amides is 1. The predicted octanol–water partition coefficient (Wildman–Crippen LogP) is 3.32. The number of anilines is 1. The summed E-state index contributed by atoms with van der Waals surface area (Å²) in [6.07, 6.45) is 0. The minimum Gasteiger partial charge on any atom is -0.383 e. The third-order valence-corrected chi connectivity index (χ3v) is 4.22. The fourth-order valence-electron chi connectivity index (χ4n) is 2.79. The minimum absolute atomic E-state index is 0.144. The van der Waals surface area contributed by atoms with E-state index in [2.05, 4.69) is 25.8 Å². The van der Waals surface area contributed by atoms with Gasteiger partial charge in [0.1, 0.15) is 11.6 Å². The molecular formula is C22H21FN6O2. The van der Waals surface area contributed by atoms with Gasteiger partial charge in [0.25, 0.3) is 5.91 Å². The third-order valence-electron chi connectivity index (χ3n) is 4.22. The number of rotatable bonds is 6. The first-order chi connectivity index (χ1) is 15.0. The van der Waals surface area contributed by atoms with Gasteiger partial charge in [-0.2, -0.15) is 15.4 Å². The summed E-state index contributed by atoms with van der Waals surface area (Å²) in [7, 11) is 1.57. The molecule has 0 radical (unpaired) electrons. The number of benzene rings is 2. The van der Waals surface area contributed by atoms with Crippen LogP contribution in [0.5, 0.6) is 0 Å². The van der Waals surface area contributed by atoms with E-state index in [4.69, 9.17) is 10.00 Å². The molecule has 3 N–H and O–H groups in total. The van der Waals surface area contributed by atoms with E-state index in [0.29, 0.717) is 23.7 Å². The van der Waals surface area contributed by atoms with E-state index in [1.54, 1.807) is 43.5 Å². The second kappa shape index (κ2) is 10.1. The Morgan fingerprint density at radius 1 is 1.29 bits per heavy atom. The number of carbonyl (C=O) groups excluding carboxylic acids is 1. The summed E-state index contributed by atoms with van der Waals surface area (Å²) < 4.78 is 18.3. The largest absolute Gasteiger partial charge is 0.383 e. The Bertz CT molecular complexity index is 1120. The molecule has 0 aliphatic heterocycles. The van der Waals surface area contributed by atoms with Crippen LogP contribution in [0.1, 0.15) is 22.8 Å². The molecule has 1 amide bonds. The van der Waals surface area contributed by atoms with Gasteiger partial charge in [-0.1, -0.05) is 6.07 Å². The monoisotopic (exact) mass is 420 g/mol. The Labute approximate surface area is 178 Å². The molecule has 158 valence electrons. The summed E-state index contributed by atoms with van der Waals surface area (Å²) in [6, 6.07) is 15.8. The molecule has 3 aromatic rings. The zero-order valence-corrected chi connectivity index (χ0v) is 17.0. The van der Waals surface area contributed by atoms with Gasteiger partial charge in [0.15, 0.2) is 0 Å². The normalized spacial score (nSPS) is 12.1. The molecular weight excluding hydrogens is 399 g/mol. The van der Waals surface area contributed by atoms with Crippen LogP contribution >= 0.6 is 0 Å². The number of nitriles is 1. The fourth-order valence-corrected chi connectivity index (χ4v) is 2.79. The first-order valence-electron chi connectivity index (χ1n) is 9.45. The van der Waals surface area contributed by atoms with E-state index < -0.39 is 5.91 Å². The zero-order chi connectivity index (χ0) is 22.2. The molecule has 3 rings (SSSR count). The van der Waals surface area contributed by atoms with Crippen molar-refractivity contribution in [2.75, 3.05) is 19.0 Å². The second-order valence-corrected chi connectivity index (χ2v) is 6.76. The lowest BCUT2D eigenvalue weighted by Gasteiger charge is -2.16. The summed E-state index contributed by atoms with van der Waals surface area (Å²) in [6.45, 7) is 2.26. The number of aromatic amines is 1. The molecule has 0 saturated carbocycles. The minimum atomic E-state index is -0.519. The smallest absolute Gasteiger partial charge is 0.280 e. The van der Waals surface area contributed by atoms with Crippen molar-refractivity contribution in [2.24, 2.45) is 4.99 Å². The molecule has 1 atom stereocenters. The second-order valence-electron chi connectivity index (χ2n) is 6.76.